The Morgan fingerprint density at radius 3 is 1.59 bits per heavy atom. The third kappa shape index (κ3) is 5.42. The van der Waals surface area contributed by atoms with Crippen LogP contribution in [0.25, 0.3) is 116 Å². The van der Waals surface area contributed by atoms with Gasteiger partial charge in [0.15, 0.2) is 17.5 Å². The van der Waals surface area contributed by atoms with Crippen molar-refractivity contribution >= 4 is 64.9 Å². The Labute approximate surface area is 340 Å². The Bertz CT molecular complexity index is 3610. The number of hydrogen-bond donors (Lipinski definition) is 0. The maximum absolute atomic E-state index is 5.38. The van der Waals surface area contributed by atoms with E-state index in [2.05, 4.69) is 193 Å². The van der Waals surface area contributed by atoms with Crippen molar-refractivity contribution in [1.82, 2.24) is 19.5 Å². The predicted molar refractivity (Wildman–Crippen MR) is 246 cm³/mol. The molecule has 10 aromatic carbocycles. The van der Waals surface area contributed by atoms with Gasteiger partial charge in [0.05, 0.1) is 16.7 Å². The summed E-state index contributed by atoms with van der Waals surface area (Å²) in [7, 11) is 0. The molecule has 0 aliphatic carbocycles. The number of aromatic nitrogens is 4. The molecule has 4 heteroatoms. The minimum atomic E-state index is 0.627. The van der Waals surface area contributed by atoms with Crippen LogP contribution in [0.2, 0.25) is 0 Å². The number of hydrogen-bond acceptors (Lipinski definition) is 3. The Kier molecular flexibility index (Phi) is 7.50. The normalized spacial score (nSPS) is 11.7. The lowest BCUT2D eigenvalue weighted by Crippen LogP contribution is -2.03. The van der Waals surface area contributed by atoms with Gasteiger partial charge in [-0.25, -0.2) is 15.0 Å². The van der Waals surface area contributed by atoms with Crippen molar-refractivity contribution in [3.05, 3.63) is 206 Å². The zero-order chi connectivity index (χ0) is 38.9. The first kappa shape index (κ1) is 33.2. The van der Waals surface area contributed by atoms with E-state index in [1.54, 1.807) is 0 Å². The Morgan fingerprint density at radius 2 is 0.847 bits per heavy atom. The van der Waals surface area contributed by atoms with E-state index in [9.17, 15) is 0 Å². The molecule has 2 heterocycles. The molecule has 4 nitrogen and oxygen atoms in total. The van der Waals surface area contributed by atoms with Crippen LogP contribution in [-0.4, -0.2) is 19.5 Å². The van der Waals surface area contributed by atoms with E-state index < -0.39 is 0 Å². The fraction of sp³-hybridized carbons (Fsp3) is 0. The maximum Gasteiger partial charge on any atom is 0.165 e. The average Bonchev–Trinajstić information content (AvgIpc) is 3.63. The highest BCUT2D eigenvalue weighted by Gasteiger charge is 2.24. The van der Waals surface area contributed by atoms with Gasteiger partial charge in [-0.15, -0.1) is 0 Å². The third-order valence-electron chi connectivity index (χ3n) is 11.8. The summed E-state index contributed by atoms with van der Waals surface area (Å²) in [5, 5.41) is 11.8. The highest BCUT2D eigenvalue weighted by atomic mass is 15.0. The van der Waals surface area contributed by atoms with Crippen LogP contribution >= 0.6 is 0 Å². The van der Waals surface area contributed by atoms with Crippen molar-refractivity contribution in [3.63, 3.8) is 0 Å². The number of nitrogens with zero attached hydrogens (tertiary/aromatic N) is 4. The van der Waals surface area contributed by atoms with Crippen molar-refractivity contribution in [1.29, 1.82) is 0 Å². The van der Waals surface area contributed by atoms with Crippen LogP contribution in [0.4, 0.5) is 0 Å². The second-order valence-electron chi connectivity index (χ2n) is 15.2. The van der Waals surface area contributed by atoms with E-state index in [0.717, 1.165) is 55.2 Å². The predicted octanol–water partition coefficient (Wildman–Crippen LogP) is 14.2. The number of benzene rings is 10. The monoisotopic (exact) mass is 750 g/mol. The molecule has 0 spiro atoms. The van der Waals surface area contributed by atoms with Gasteiger partial charge in [-0.1, -0.05) is 182 Å². The first-order chi connectivity index (χ1) is 29.2. The van der Waals surface area contributed by atoms with Crippen molar-refractivity contribution in [3.8, 4) is 51.0 Å². The SMILES string of the molecule is c1ccc(-c2nc(-c3ccc4ccccc4c3)nc(-c3c(-c4ccccc4)cc(-n4c5cc6ccccc6cc5c5ccc6ccccc6c54)c4ccccc34)n2)cc1. The first-order valence-electron chi connectivity index (χ1n) is 20.0. The molecule has 59 heavy (non-hydrogen) atoms. The summed E-state index contributed by atoms with van der Waals surface area (Å²) >= 11 is 0. The summed E-state index contributed by atoms with van der Waals surface area (Å²) in [6.45, 7) is 0. The van der Waals surface area contributed by atoms with Crippen LogP contribution in [0, 0.1) is 0 Å². The van der Waals surface area contributed by atoms with Gasteiger partial charge < -0.3 is 4.57 Å². The zero-order valence-electron chi connectivity index (χ0n) is 31.9. The second-order valence-corrected chi connectivity index (χ2v) is 15.2. The van der Waals surface area contributed by atoms with Gasteiger partial charge in [0.25, 0.3) is 0 Å². The second kappa shape index (κ2) is 13.3. The smallest absolute Gasteiger partial charge is 0.165 e. The molecule has 0 fully saturated rings. The topological polar surface area (TPSA) is 43.6 Å². The quantitative estimate of drug-likeness (QED) is 0.176. The molecule has 274 valence electrons. The van der Waals surface area contributed by atoms with Crippen LogP contribution in [0.1, 0.15) is 0 Å². The minimum absolute atomic E-state index is 0.627. The highest BCUT2D eigenvalue weighted by molar-refractivity contribution is 6.22. The number of rotatable bonds is 5. The van der Waals surface area contributed by atoms with Crippen LogP contribution in [-0.2, 0) is 0 Å². The van der Waals surface area contributed by atoms with Gasteiger partial charge in [-0.05, 0) is 67.7 Å². The van der Waals surface area contributed by atoms with Gasteiger partial charge in [0.2, 0.25) is 0 Å². The molecular formula is C55H34N4. The van der Waals surface area contributed by atoms with E-state index in [4.69, 9.17) is 15.0 Å². The summed E-state index contributed by atoms with van der Waals surface area (Å²) in [5.74, 6) is 1.89. The van der Waals surface area contributed by atoms with Gasteiger partial charge in [0.1, 0.15) is 0 Å². The largest absolute Gasteiger partial charge is 0.308 e. The summed E-state index contributed by atoms with van der Waals surface area (Å²) in [6.07, 6.45) is 0. The van der Waals surface area contributed by atoms with Crippen molar-refractivity contribution in [2.45, 2.75) is 0 Å². The van der Waals surface area contributed by atoms with E-state index >= 15 is 0 Å². The van der Waals surface area contributed by atoms with Gasteiger partial charge in [-0.3, -0.25) is 0 Å². The van der Waals surface area contributed by atoms with Crippen LogP contribution in [0.15, 0.2) is 206 Å². The van der Waals surface area contributed by atoms with Gasteiger partial charge in [0, 0.05) is 38.2 Å². The molecule has 0 aliphatic rings. The Balaban J connectivity index is 1.21. The van der Waals surface area contributed by atoms with E-state index in [0.29, 0.717) is 17.5 Å². The molecule has 12 rings (SSSR count). The van der Waals surface area contributed by atoms with Crippen LogP contribution in [0.3, 0.4) is 0 Å². The molecule has 0 aliphatic heterocycles. The van der Waals surface area contributed by atoms with Crippen molar-refractivity contribution < 1.29 is 0 Å². The van der Waals surface area contributed by atoms with Crippen molar-refractivity contribution in [2.75, 3.05) is 0 Å². The summed E-state index contributed by atoms with van der Waals surface area (Å²) in [6, 6.07) is 73.5. The summed E-state index contributed by atoms with van der Waals surface area (Å²) < 4.78 is 2.50. The molecule has 0 radical (unpaired) electrons. The fourth-order valence-corrected chi connectivity index (χ4v) is 9.00. The molecule has 0 amide bonds. The molecule has 0 unspecified atom stereocenters. The van der Waals surface area contributed by atoms with E-state index in [1.165, 1.54) is 43.2 Å². The Morgan fingerprint density at radius 1 is 0.305 bits per heavy atom. The zero-order valence-corrected chi connectivity index (χ0v) is 31.9. The molecule has 0 N–H and O–H groups in total. The lowest BCUT2D eigenvalue weighted by Gasteiger charge is -2.20. The lowest BCUT2D eigenvalue weighted by atomic mass is 9.92. The molecule has 0 saturated heterocycles. The third-order valence-corrected chi connectivity index (χ3v) is 11.8. The Hall–Kier alpha value is -7.95. The standard InChI is InChI=1S/C55H34N4/c1-3-16-36(17-4-1)47-34-50(59-49-33-41-23-10-9-22-40(41)32-48(49)46-30-29-37-18-11-12-24-43(37)52(46)59)44-25-13-14-26-45(44)51(47)55-57-53(38-19-5-2-6-20-38)56-54(58-55)42-28-27-35-15-7-8-21-39(35)31-42/h1-34H. The average molecular weight is 751 g/mol. The van der Waals surface area contributed by atoms with E-state index in [-0.39, 0.29) is 0 Å². The summed E-state index contributed by atoms with van der Waals surface area (Å²) in [5.41, 5.74) is 8.42. The molecule has 2 aromatic heterocycles. The van der Waals surface area contributed by atoms with Gasteiger partial charge in [-0.2, -0.15) is 0 Å². The van der Waals surface area contributed by atoms with Crippen LogP contribution in [0.5, 0.6) is 0 Å². The first-order valence-corrected chi connectivity index (χ1v) is 20.0. The lowest BCUT2D eigenvalue weighted by molar-refractivity contribution is 1.08. The van der Waals surface area contributed by atoms with Crippen LogP contribution < -0.4 is 0 Å². The fourth-order valence-electron chi connectivity index (χ4n) is 9.00. The molecule has 12 aromatic rings. The molecule has 0 atom stereocenters. The number of fused-ring (bicyclic) bond motifs is 8. The highest BCUT2D eigenvalue weighted by Crippen LogP contribution is 2.45. The van der Waals surface area contributed by atoms with Gasteiger partial charge >= 0.3 is 0 Å². The van der Waals surface area contributed by atoms with Crippen molar-refractivity contribution in [2.24, 2.45) is 0 Å². The summed E-state index contributed by atoms with van der Waals surface area (Å²) in [4.78, 5) is 15.9. The minimum Gasteiger partial charge on any atom is -0.308 e. The molecule has 0 bridgehead atoms. The maximum atomic E-state index is 5.38. The molecular weight excluding hydrogens is 717 g/mol. The molecule has 0 saturated carbocycles. The van der Waals surface area contributed by atoms with E-state index in [1.807, 2.05) is 18.2 Å².